The lowest BCUT2D eigenvalue weighted by atomic mass is 10.1. The van der Waals surface area contributed by atoms with Gasteiger partial charge in [0, 0.05) is 28.6 Å². The van der Waals surface area contributed by atoms with Crippen LogP contribution in [0.25, 0.3) is 11.3 Å². The molecule has 0 radical (unpaired) electrons. The molecule has 7 nitrogen and oxygen atoms in total. The number of non-ortho nitro benzene ring substituents is 1. The van der Waals surface area contributed by atoms with E-state index in [1.54, 1.807) is 42.8 Å². The fraction of sp³-hybridized carbons (Fsp3) is 0.0588. The molecule has 0 bridgehead atoms. The minimum Gasteiger partial charge on any atom is -0.496 e. The van der Waals surface area contributed by atoms with E-state index >= 15 is 0 Å². The number of hydrogen-bond acceptors (Lipinski definition) is 6. The summed E-state index contributed by atoms with van der Waals surface area (Å²) in [5.41, 5.74) is 1.61. The zero-order valence-electron chi connectivity index (χ0n) is 13.4. The standard InChI is InChI=1S/C17H12BrN3O4S/c1-25-15-6-5-11(8-13(15)18)16(22)20-17-19-14(9-26-17)10-3-2-4-12(7-10)21(23)24/h2-9H,1H3,(H,19,20,22). The summed E-state index contributed by atoms with van der Waals surface area (Å²) in [4.78, 5) is 27.1. The number of nitrogens with zero attached hydrogens (tertiary/aromatic N) is 2. The second-order valence-corrected chi connectivity index (χ2v) is 6.86. The number of nitro groups is 1. The number of aromatic nitrogens is 1. The highest BCUT2D eigenvalue weighted by Crippen LogP contribution is 2.29. The Hall–Kier alpha value is -2.78. The zero-order valence-corrected chi connectivity index (χ0v) is 15.8. The van der Waals surface area contributed by atoms with Crippen LogP contribution >= 0.6 is 27.3 Å². The van der Waals surface area contributed by atoms with Crippen LogP contribution in [0, 0.1) is 10.1 Å². The number of methoxy groups -OCH3 is 1. The number of nitro benzene ring substituents is 1. The fourth-order valence-corrected chi connectivity index (χ4v) is 3.47. The van der Waals surface area contributed by atoms with Crippen molar-refractivity contribution in [3.8, 4) is 17.0 Å². The SMILES string of the molecule is COc1ccc(C(=O)Nc2nc(-c3cccc([N+](=O)[O-])c3)cs2)cc1Br. The van der Waals surface area contributed by atoms with Crippen LogP contribution in [0.4, 0.5) is 10.8 Å². The molecule has 0 atom stereocenters. The van der Waals surface area contributed by atoms with Crippen molar-refractivity contribution in [3.63, 3.8) is 0 Å². The molecule has 1 aromatic heterocycles. The van der Waals surface area contributed by atoms with Crippen molar-refractivity contribution in [2.45, 2.75) is 0 Å². The van der Waals surface area contributed by atoms with Crippen molar-refractivity contribution in [2.75, 3.05) is 12.4 Å². The predicted molar refractivity (Wildman–Crippen MR) is 103 cm³/mol. The van der Waals surface area contributed by atoms with Crippen LogP contribution in [0.2, 0.25) is 0 Å². The van der Waals surface area contributed by atoms with E-state index in [9.17, 15) is 14.9 Å². The normalized spacial score (nSPS) is 10.4. The van der Waals surface area contributed by atoms with Crippen molar-refractivity contribution in [1.82, 2.24) is 4.98 Å². The van der Waals surface area contributed by atoms with Gasteiger partial charge in [0.25, 0.3) is 11.6 Å². The van der Waals surface area contributed by atoms with Crippen molar-refractivity contribution in [2.24, 2.45) is 0 Å². The molecule has 9 heteroatoms. The molecule has 0 aliphatic carbocycles. The predicted octanol–water partition coefficient (Wildman–Crippen LogP) is 4.74. The number of anilines is 1. The summed E-state index contributed by atoms with van der Waals surface area (Å²) in [5, 5.41) is 15.7. The number of benzene rings is 2. The van der Waals surface area contributed by atoms with Gasteiger partial charge in [-0.1, -0.05) is 12.1 Å². The van der Waals surface area contributed by atoms with E-state index < -0.39 is 4.92 Å². The minimum atomic E-state index is -0.458. The number of ether oxygens (including phenoxy) is 1. The topological polar surface area (TPSA) is 94.4 Å². The molecule has 2 aromatic carbocycles. The Morgan fingerprint density at radius 2 is 2.12 bits per heavy atom. The number of carbonyl (C=O) groups excluding carboxylic acids is 1. The van der Waals surface area contributed by atoms with Crippen molar-refractivity contribution in [1.29, 1.82) is 0 Å². The first-order valence-electron chi connectivity index (χ1n) is 7.33. The maximum absolute atomic E-state index is 12.4. The Kier molecular flexibility index (Phi) is 5.29. The van der Waals surface area contributed by atoms with Gasteiger partial charge in [0.2, 0.25) is 0 Å². The first-order valence-corrected chi connectivity index (χ1v) is 9.00. The smallest absolute Gasteiger partial charge is 0.270 e. The van der Waals surface area contributed by atoms with Crippen LogP contribution in [0.1, 0.15) is 10.4 Å². The molecule has 0 spiro atoms. The first-order chi connectivity index (χ1) is 12.5. The summed E-state index contributed by atoms with van der Waals surface area (Å²) in [5.74, 6) is 0.317. The van der Waals surface area contributed by atoms with Gasteiger partial charge in [0.15, 0.2) is 5.13 Å². The number of nitrogens with one attached hydrogen (secondary N) is 1. The second kappa shape index (κ2) is 7.63. The number of hydrogen-bond donors (Lipinski definition) is 1. The third-order valence-electron chi connectivity index (χ3n) is 3.49. The molecular formula is C17H12BrN3O4S. The molecule has 1 N–H and O–H groups in total. The third-order valence-corrected chi connectivity index (χ3v) is 4.87. The quantitative estimate of drug-likeness (QED) is 0.462. The van der Waals surface area contributed by atoms with Gasteiger partial charge in [0.05, 0.1) is 22.2 Å². The van der Waals surface area contributed by atoms with Gasteiger partial charge in [-0.25, -0.2) is 4.98 Å². The van der Waals surface area contributed by atoms with E-state index in [2.05, 4.69) is 26.2 Å². The Morgan fingerprint density at radius 3 is 2.81 bits per heavy atom. The van der Waals surface area contributed by atoms with E-state index in [0.717, 1.165) is 0 Å². The Labute approximate surface area is 160 Å². The number of thiazole rings is 1. The number of rotatable bonds is 5. The molecule has 0 saturated heterocycles. The lowest BCUT2D eigenvalue weighted by Crippen LogP contribution is -2.11. The van der Waals surface area contributed by atoms with Crippen LogP contribution in [-0.4, -0.2) is 22.9 Å². The van der Waals surface area contributed by atoms with E-state index in [4.69, 9.17) is 4.74 Å². The second-order valence-electron chi connectivity index (χ2n) is 5.15. The van der Waals surface area contributed by atoms with E-state index in [1.807, 2.05) is 0 Å². The molecular weight excluding hydrogens is 422 g/mol. The minimum absolute atomic E-state index is 0.0100. The zero-order chi connectivity index (χ0) is 18.7. The molecule has 3 rings (SSSR count). The molecule has 0 saturated carbocycles. The lowest BCUT2D eigenvalue weighted by Gasteiger charge is -2.06. The van der Waals surface area contributed by atoms with Crippen LogP contribution < -0.4 is 10.1 Å². The maximum Gasteiger partial charge on any atom is 0.270 e. The Balaban J connectivity index is 1.78. The fourth-order valence-electron chi connectivity index (χ4n) is 2.22. The van der Waals surface area contributed by atoms with E-state index in [-0.39, 0.29) is 11.6 Å². The summed E-state index contributed by atoms with van der Waals surface area (Å²) >= 11 is 4.59. The molecule has 1 amide bonds. The van der Waals surface area contributed by atoms with Gasteiger partial charge in [-0.3, -0.25) is 20.2 Å². The Morgan fingerprint density at radius 1 is 1.31 bits per heavy atom. The van der Waals surface area contributed by atoms with Crippen LogP contribution in [-0.2, 0) is 0 Å². The molecule has 3 aromatic rings. The molecule has 132 valence electrons. The monoisotopic (exact) mass is 433 g/mol. The number of halogens is 1. The van der Waals surface area contributed by atoms with Crippen LogP contribution in [0.15, 0.2) is 52.3 Å². The first kappa shape index (κ1) is 18.0. The largest absolute Gasteiger partial charge is 0.496 e. The third kappa shape index (κ3) is 3.89. The Bertz CT molecular complexity index is 990. The van der Waals surface area contributed by atoms with Crippen LogP contribution in [0.3, 0.4) is 0 Å². The highest BCUT2D eigenvalue weighted by molar-refractivity contribution is 9.10. The molecule has 26 heavy (non-hydrogen) atoms. The van der Waals surface area contributed by atoms with Crippen LogP contribution in [0.5, 0.6) is 5.75 Å². The summed E-state index contributed by atoms with van der Waals surface area (Å²) in [6.45, 7) is 0. The average molecular weight is 434 g/mol. The van der Waals surface area contributed by atoms with Gasteiger partial charge < -0.3 is 4.74 Å². The molecule has 1 heterocycles. The van der Waals surface area contributed by atoms with Crippen molar-refractivity contribution in [3.05, 3.63) is 68.0 Å². The highest BCUT2D eigenvalue weighted by Gasteiger charge is 2.13. The summed E-state index contributed by atoms with van der Waals surface area (Å²) < 4.78 is 5.81. The van der Waals surface area contributed by atoms with Crippen molar-refractivity contribution < 1.29 is 14.5 Å². The van der Waals surface area contributed by atoms with E-state index in [1.165, 1.54) is 23.5 Å². The summed E-state index contributed by atoms with van der Waals surface area (Å²) in [6.07, 6.45) is 0. The highest BCUT2D eigenvalue weighted by atomic mass is 79.9. The average Bonchev–Trinajstić information content (AvgIpc) is 3.10. The molecule has 0 aliphatic rings. The van der Waals surface area contributed by atoms with Gasteiger partial charge in [-0.2, -0.15) is 0 Å². The summed E-state index contributed by atoms with van der Waals surface area (Å²) in [7, 11) is 1.55. The van der Waals surface area contributed by atoms with Gasteiger partial charge in [-0.05, 0) is 34.1 Å². The maximum atomic E-state index is 12.4. The molecule has 0 unspecified atom stereocenters. The van der Waals surface area contributed by atoms with E-state index in [0.29, 0.717) is 32.2 Å². The lowest BCUT2D eigenvalue weighted by molar-refractivity contribution is -0.384. The van der Waals surface area contributed by atoms with Gasteiger partial charge >= 0.3 is 0 Å². The van der Waals surface area contributed by atoms with Gasteiger partial charge in [-0.15, -0.1) is 11.3 Å². The number of amides is 1. The molecule has 0 aliphatic heterocycles. The van der Waals surface area contributed by atoms with Crippen molar-refractivity contribution >= 4 is 44.0 Å². The number of carbonyl (C=O) groups is 1. The summed E-state index contributed by atoms with van der Waals surface area (Å²) in [6, 6.07) is 11.2. The van der Waals surface area contributed by atoms with Gasteiger partial charge in [0.1, 0.15) is 5.75 Å². The molecule has 0 fully saturated rings.